The van der Waals surface area contributed by atoms with Gasteiger partial charge >= 0.3 is 0 Å². The van der Waals surface area contributed by atoms with Gasteiger partial charge in [-0.25, -0.2) is 19.3 Å². The number of hydrogen-bond acceptors (Lipinski definition) is 3. The largest absolute Gasteiger partial charge is 0.295 e. The maximum atomic E-state index is 13.2. The summed E-state index contributed by atoms with van der Waals surface area (Å²) in [5.41, 5.74) is 1.68. The number of fused-ring (bicyclic) bond motifs is 1. The second kappa shape index (κ2) is 3.78. The maximum Gasteiger partial charge on any atom is 0.182 e. The Morgan fingerprint density at radius 3 is 2.88 bits per heavy atom. The van der Waals surface area contributed by atoms with Crippen LogP contribution in [-0.2, 0) is 0 Å². The van der Waals surface area contributed by atoms with E-state index in [0.29, 0.717) is 16.9 Å². The van der Waals surface area contributed by atoms with Crippen LogP contribution in [0.4, 0.5) is 4.39 Å². The molecule has 6 heteroatoms. The molecule has 0 spiro atoms. The van der Waals surface area contributed by atoms with Gasteiger partial charge in [0.25, 0.3) is 0 Å². The van der Waals surface area contributed by atoms with Crippen molar-refractivity contribution in [1.29, 1.82) is 0 Å². The monoisotopic (exact) mass is 248 g/mol. The molecule has 0 radical (unpaired) electrons. The smallest absolute Gasteiger partial charge is 0.182 e. The highest BCUT2D eigenvalue weighted by Gasteiger charge is 2.10. The first kappa shape index (κ1) is 10.2. The number of benzene rings is 1. The van der Waals surface area contributed by atoms with E-state index >= 15 is 0 Å². The molecule has 17 heavy (non-hydrogen) atoms. The minimum atomic E-state index is -0.322. The predicted octanol–water partition coefficient (Wildman–Crippen LogP) is 2.61. The standard InChI is InChI=1S/C11H6ClFN4/c12-10-9-11(15-5-14-10)16-6-17(9)8-3-1-2-7(13)4-8/h1-6H. The molecule has 4 nitrogen and oxygen atoms in total. The Labute approximate surface area is 101 Å². The van der Waals surface area contributed by atoms with Gasteiger partial charge in [-0.2, -0.15) is 0 Å². The second-order valence-corrected chi connectivity index (χ2v) is 3.79. The molecular formula is C11H6ClFN4. The number of imidazole rings is 1. The first-order valence-electron chi connectivity index (χ1n) is 4.85. The summed E-state index contributed by atoms with van der Waals surface area (Å²) >= 11 is 5.99. The average Bonchev–Trinajstić information content (AvgIpc) is 2.74. The zero-order chi connectivity index (χ0) is 11.8. The molecule has 0 N–H and O–H groups in total. The third kappa shape index (κ3) is 1.64. The Morgan fingerprint density at radius 2 is 2.06 bits per heavy atom. The first-order chi connectivity index (χ1) is 8.25. The summed E-state index contributed by atoms with van der Waals surface area (Å²) in [7, 11) is 0. The van der Waals surface area contributed by atoms with E-state index < -0.39 is 0 Å². The molecule has 0 amide bonds. The van der Waals surface area contributed by atoms with Crippen LogP contribution in [0.2, 0.25) is 5.15 Å². The molecule has 0 aliphatic carbocycles. The van der Waals surface area contributed by atoms with Crippen molar-refractivity contribution in [1.82, 2.24) is 19.5 Å². The van der Waals surface area contributed by atoms with Gasteiger partial charge in [0.2, 0.25) is 0 Å². The van der Waals surface area contributed by atoms with Crippen LogP contribution in [0.3, 0.4) is 0 Å². The summed E-state index contributed by atoms with van der Waals surface area (Å²) in [6, 6.07) is 6.15. The summed E-state index contributed by atoms with van der Waals surface area (Å²) in [6.07, 6.45) is 2.88. The number of halogens is 2. The van der Waals surface area contributed by atoms with Crippen molar-refractivity contribution < 1.29 is 4.39 Å². The molecule has 3 aromatic rings. The minimum absolute atomic E-state index is 0.289. The third-order valence-electron chi connectivity index (χ3n) is 2.38. The second-order valence-electron chi connectivity index (χ2n) is 3.43. The average molecular weight is 249 g/mol. The third-order valence-corrected chi connectivity index (χ3v) is 2.66. The zero-order valence-electron chi connectivity index (χ0n) is 8.51. The van der Waals surface area contributed by atoms with Gasteiger partial charge in [0, 0.05) is 0 Å². The van der Waals surface area contributed by atoms with Gasteiger partial charge < -0.3 is 0 Å². The molecular weight excluding hydrogens is 243 g/mol. The quantitative estimate of drug-likeness (QED) is 0.622. The van der Waals surface area contributed by atoms with E-state index in [-0.39, 0.29) is 11.0 Å². The van der Waals surface area contributed by atoms with E-state index in [4.69, 9.17) is 11.6 Å². The lowest BCUT2D eigenvalue weighted by molar-refractivity contribution is 0.627. The lowest BCUT2D eigenvalue weighted by atomic mass is 10.3. The van der Waals surface area contributed by atoms with Crippen LogP contribution >= 0.6 is 11.6 Å². The van der Waals surface area contributed by atoms with E-state index in [1.54, 1.807) is 23.0 Å². The molecule has 0 aliphatic rings. The normalized spacial score (nSPS) is 10.9. The van der Waals surface area contributed by atoms with E-state index in [1.807, 2.05) is 0 Å². The Bertz CT molecular complexity index is 695. The predicted molar refractivity (Wildman–Crippen MR) is 61.6 cm³/mol. The SMILES string of the molecule is Fc1cccc(-n2cnc3ncnc(Cl)c32)c1. The molecule has 0 saturated carbocycles. The van der Waals surface area contributed by atoms with Gasteiger partial charge in [0.05, 0.1) is 5.69 Å². The topological polar surface area (TPSA) is 43.6 Å². The Morgan fingerprint density at radius 1 is 1.18 bits per heavy atom. The van der Waals surface area contributed by atoms with Crippen LogP contribution < -0.4 is 0 Å². The van der Waals surface area contributed by atoms with Crippen molar-refractivity contribution in [2.24, 2.45) is 0 Å². The summed E-state index contributed by atoms with van der Waals surface area (Å²) in [5.74, 6) is -0.322. The van der Waals surface area contributed by atoms with Crippen molar-refractivity contribution in [3.05, 3.63) is 47.9 Å². The van der Waals surface area contributed by atoms with Crippen LogP contribution in [-0.4, -0.2) is 19.5 Å². The molecule has 3 rings (SSSR count). The van der Waals surface area contributed by atoms with Crippen molar-refractivity contribution in [3.8, 4) is 5.69 Å². The van der Waals surface area contributed by atoms with Crippen molar-refractivity contribution in [2.75, 3.05) is 0 Å². The maximum absolute atomic E-state index is 13.2. The van der Waals surface area contributed by atoms with E-state index in [9.17, 15) is 4.39 Å². The number of aromatic nitrogens is 4. The van der Waals surface area contributed by atoms with E-state index in [0.717, 1.165) is 0 Å². The Hall–Kier alpha value is -2.01. The molecule has 2 aromatic heterocycles. The summed E-state index contributed by atoms with van der Waals surface area (Å²) in [4.78, 5) is 12.0. The molecule has 2 heterocycles. The highest BCUT2D eigenvalue weighted by molar-refractivity contribution is 6.33. The van der Waals surface area contributed by atoms with Crippen LogP contribution in [0.25, 0.3) is 16.9 Å². The fraction of sp³-hybridized carbons (Fsp3) is 0. The molecule has 0 atom stereocenters. The van der Waals surface area contributed by atoms with E-state index in [1.165, 1.54) is 18.5 Å². The van der Waals surface area contributed by atoms with Crippen molar-refractivity contribution >= 4 is 22.8 Å². The van der Waals surface area contributed by atoms with E-state index in [2.05, 4.69) is 15.0 Å². The molecule has 0 bridgehead atoms. The molecule has 0 aliphatic heterocycles. The van der Waals surface area contributed by atoms with Crippen LogP contribution in [0, 0.1) is 5.82 Å². The van der Waals surface area contributed by atoms with Gasteiger partial charge in [0.15, 0.2) is 10.8 Å². The lowest BCUT2D eigenvalue weighted by Gasteiger charge is -2.04. The minimum Gasteiger partial charge on any atom is -0.295 e. The highest BCUT2D eigenvalue weighted by atomic mass is 35.5. The van der Waals surface area contributed by atoms with Gasteiger partial charge in [-0.3, -0.25) is 4.57 Å². The molecule has 0 fully saturated rings. The fourth-order valence-corrected chi connectivity index (χ4v) is 1.86. The molecule has 1 aromatic carbocycles. The first-order valence-corrected chi connectivity index (χ1v) is 5.23. The number of rotatable bonds is 1. The van der Waals surface area contributed by atoms with Crippen molar-refractivity contribution in [3.63, 3.8) is 0 Å². The molecule has 84 valence electrons. The Balaban J connectivity index is 2.31. The molecule has 0 unspecified atom stereocenters. The number of nitrogens with zero attached hydrogens (tertiary/aromatic N) is 4. The van der Waals surface area contributed by atoms with Gasteiger partial charge in [-0.1, -0.05) is 17.7 Å². The van der Waals surface area contributed by atoms with Crippen LogP contribution in [0.15, 0.2) is 36.9 Å². The van der Waals surface area contributed by atoms with Gasteiger partial charge in [-0.15, -0.1) is 0 Å². The highest BCUT2D eigenvalue weighted by Crippen LogP contribution is 2.22. The van der Waals surface area contributed by atoms with Crippen molar-refractivity contribution in [2.45, 2.75) is 0 Å². The summed E-state index contributed by atoms with van der Waals surface area (Å²) in [6.45, 7) is 0. The van der Waals surface area contributed by atoms with Gasteiger partial charge in [0.1, 0.15) is 24.0 Å². The fourth-order valence-electron chi connectivity index (χ4n) is 1.64. The zero-order valence-corrected chi connectivity index (χ0v) is 9.26. The van der Waals surface area contributed by atoms with Crippen LogP contribution in [0.1, 0.15) is 0 Å². The van der Waals surface area contributed by atoms with Crippen LogP contribution in [0.5, 0.6) is 0 Å². The Kier molecular flexibility index (Phi) is 2.26. The lowest BCUT2D eigenvalue weighted by Crippen LogP contribution is -1.94. The molecule has 0 saturated heterocycles. The summed E-state index contributed by atoms with van der Waals surface area (Å²) < 4.78 is 14.8. The van der Waals surface area contributed by atoms with Gasteiger partial charge in [-0.05, 0) is 18.2 Å². The number of hydrogen-bond donors (Lipinski definition) is 0. The summed E-state index contributed by atoms with van der Waals surface area (Å²) in [5, 5.41) is 0.289.